The lowest BCUT2D eigenvalue weighted by molar-refractivity contribution is 0.0925. The first-order valence-electron chi connectivity index (χ1n) is 5.98. The van der Waals surface area contributed by atoms with Crippen molar-refractivity contribution in [1.82, 2.24) is 5.32 Å². The largest absolute Gasteiger partial charge is 0.348 e. The summed E-state index contributed by atoms with van der Waals surface area (Å²) >= 11 is 6.74. The number of alkyl halides is 1. The second kappa shape index (κ2) is 6.15. The Labute approximate surface area is 123 Å². The van der Waals surface area contributed by atoms with Gasteiger partial charge in [-0.15, -0.1) is 0 Å². The third-order valence-corrected chi connectivity index (χ3v) is 4.76. The number of hydrogen-bond donors (Lipinski definition) is 1. The maximum atomic E-state index is 13.6. The summed E-state index contributed by atoms with van der Waals surface area (Å²) in [6.07, 6.45) is 4.28. The molecule has 1 fully saturated rings. The first kappa shape index (κ1) is 14.0. The zero-order valence-corrected chi connectivity index (χ0v) is 12.9. The monoisotopic (exact) mass is 377 g/mol. The quantitative estimate of drug-likeness (QED) is 0.773. The van der Waals surface area contributed by atoms with Crippen LogP contribution in [0.25, 0.3) is 0 Å². The lowest BCUT2D eigenvalue weighted by Crippen LogP contribution is -2.42. The summed E-state index contributed by atoms with van der Waals surface area (Å²) in [4.78, 5) is 12.3. The third-order valence-electron chi connectivity index (χ3n) is 3.17. The highest BCUT2D eigenvalue weighted by molar-refractivity contribution is 9.10. The van der Waals surface area contributed by atoms with Crippen LogP contribution in [0.5, 0.6) is 0 Å². The molecule has 2 atom stereocenters. The van der Waals surface area contributed by atoms with E-state index < -0.39 is 5.82 Å². The summed E-state index contributed by atoms with van der Waals surface area (Å²) in [5, 5.41) is 2.90. The summed E-state index contributed by atoms with van der Waals surface area (Å²) in [7, 11) is 0. The van der Waals surface area contributed by atoms with Crippen LogP contribution in [-0.4, -0.2) is 16.8 Å². The number of amides is 1. The highest BCUT2D eigenvalue weighted by Gasteiger charge is 2.25. The van der Waals surface area contributed by atoms with Crippen LogP contribution in [0.15, 0.2) is 22.7 Å². The molecular weight excluding hydrogens is 365 g/mol. The average molecular weight is 379 g/mol. The van der Waals surface area contributed by atoms with Crippen molar-refractivity contribution in [3.05, 3.63) is 34.1 Å². The number of carbonyl (C=O) groups excluding carboxylic acids is 1. The third kappa shape index (κ3) is 3.32. The second-order valence-electron chi connectivity index (χ2n) is 4.50. The number of rotatable bonds is 2. The molecule has 1 aliphatic rings. The number of halogens is 3. The fourth-order valence-electron chi connectivity index (χ4n) is 2.17. The molecule has 1 aromatic rings. The molecule has 0 heterocycles. The number of nitrogens with one attached hydrogen (secondary N) is 1. The van der Waals surface area contributed by atoms with Crippen molar-refractivity contribution in [3.63, 3.8) is 0 Å². The van der Waals surface area contributed by atoms with E-state index in [1.54, 1.807) is 6.07 Å². The van der Waals surface area contributed by atoms with Gasteiger partial charge in [0, 0.05) is 15.3 Å². The van der Waals surface area contributed by atoms with Gasteiger partial charge in [-0.2, -0.15) is 0 Å². The van der Waals surface area contributed by atoms with E-state index in [1.807, 2.05) is 0 Å². The van der Waals surface area contributed by atoms with Crippen molar-refractivity contribution >= 4 is 37.8 Å². The van der Waals surface area contributed by atoms with Gasteiger partial charge in [-0.3, -0.25) is 4.79 Å². The van der Waals surface area contributed by atoms with Gasteiger partial charge < -0.3 is 5.32 Å². The van der Waals surface area contributed by atoms with Crippen LogP contribution < -0.4 is 5.32 Å². The van der Waals surface area contributed by atoms with Gasteiger partial charge in [-0.05, 0) is 31.0 Å². The molecule has 1 N–H and O–H groups in total. The van der Waals surface area contributed by atoms with Gasteiger partial charge in [0.2, 0.25) is 0 Å². The first-order chi connectivity index (χ1) is 8.58. The minimum Gasteiger partial charge on any atom is -0.348 e. The van der Waals surface area contributed by atoms with E-state index in [1.165, 1.54) is 18.6 Å². The molecule has 18 heavy (non-hydrogen) atoms. The van der Waals surface area contributed by atoms with Crippen molar-refractivity contribution in [3.8, 4) is 0 Å². The van der Waals surface area contributed by atoms with Crippen molar-refractivity contribution in [1.29, 1.82) is 0 Å². The minimum atomic E-state index is -0.496. The number of hydrogen-bond acceptors (Lipinski definition) is 1. The predicted octanol–water partition coefficient (Wildman–Crippen LogP) is 4.02. The van der Waals surface area contributed by atoms with E-state index in [-0.39, 0.29) is 22.3 Å². The summed E-state index contributed by atoms with van der Waals surface area (Å²) < 4.78 is 14.3. The fraction of sp³-hybridized carbons (Fsp3) is 0.462. The zero-order chi connectivity index (χ0) is 13.1. The molecule has 98 valence electrons. The summed E-state index contributed by atoms with van der Waals surface area (Å²) in [5.74, 6) is -0.833. The molecule has 0 radical (unpaired) electrons. The van der Waals surface area contributed by atoms with Gasteiger partial charge in [0.15, 0.2) is 0 Å². The Kier molecular flexibility index (Phi) is 4.78. The van der Waals surface area contributed by atoms with E-state index in [0.717, 1.165) is 19.3 Å². The SMILES string of the molecule is O=C(NC1CCCCC1Br)c1ccc(Br)cc1F. The molecule has 0 saturated heterocycles. The fourth-order valence-corrected chi connectivity index (χ4v) is 3.22. The maximum Gasteiger partial charge on any atom is 0.254 e. The summed E-state index contributed by atoms with van der Waals surface area (Å²) in [6, 6.07) is 4.57. The molecule has 0 bridgehead atoms. The standard InChI is InChI=1S/C13H14Br2FNO/c14-8-5-6-9(11(16)7-8)13(18)17-12-4-2-1-3-10(12)15/h5-7,10,12H,1-4H2,(H,17,18). The number of carbonyl (C=O) groups is 1. The van der Waals surface area contributed by atoms with Crippen LogP contribution in [0.4, 0.5) is 4.39 Å². The summed E-state index contributed by atoms with van der Waals surface area (Å²) in [6.45, 7) is 0. The molecule has 1 aromatic carbocycles. The predicted molar refractivity (Wildman–Crippen MR) is 76.5 cm³/mol. The van der Waals surface area contributed by atoms with Crippen LogP contribution in [0.1, 0.15) is 36.0 Å². The van der Waals surface area contributed by atoms with E-state index in [4.69, 9.17) is 0 Å². The van der Waals surface area contributed by atoms with Crippen LogP contribution in [0.2, 0.25) is 0 Å². The van der Waals surface area contributed by atoms with Crippen molar-refractivity contribution in [2.45, 2.75) is 36.6 Å². The van der Waals surface area contributed by atoms with Gasteiger partial charge in [-0.25, -0.2) is 4.39 Å². The summed E-state index contributed by atoms with van der Waals surface area (Å²) in [5.41, 5.74) is 0.100. The lowest BCUT2D eigenvalue weighted by Gasteiger charge is -2.28. The molecular formula is C13H14Br2FNO. The van der Waals surface area contributed by atoms with Crippen LogP contribution in [0.3, 0.4) is 0 Å². The average Bonchev–Trinajstić information content (AvgIpc) is 2.32. The van der Waals surface area contributed by atoms with Crippen molar-refractivity contribution < 1.29 is 9.18 Å². The van der Waals surface area contributed by atoms with Gasteiger partial charge in [0.1, 0.15) is 5.82 Å². The number of benzene rings is 1. The highest BCUT2D eigenvalue weighted by Crippen LogP contribution is 2.25. The normalized spacial score (nSPS) is 23.7. The Balaban J connectivity index is 2.07. The van der Waals surface area contributed by atoms with Crippen LogP contribution >= 0.6 is 31.9 Å². The van der Waals surface area contributed by atoms with Crippen molar-refractivity contribution in [2.75, 3.05) is 0 Å². The highest BCUT2D eigenvalue weighted by atomic mass is 79.9. The Hall–Kier alpha value is -0.420. The lowest BCUT2D eigenvalue weighted by atomic mass is 9.95. The Morgan fingerprint density at radius 2 is 2.06 bits per heavy atom. The van der Waals surface area contributed by atoms with Gasteiger partial charge in [-0.1, -0.05) is 44.7 Å². The zero-order valence-electron chi connectivity index (χ0n) is 9.76. The minimum absolute atomic E-state index is 0.0919. The molecule has 1 amide bonds. The molecule has 2 rings (SSSR count). The molecule has 0 aliphatic heterocycles. The van der Waals surface area contributed by atoms with Crippen LogP contribution in [0, 0.1) is 5.82 Å². The van der Waals surface area contributed by atoms with Gasteiger partial charge in [0.25, 0.3) is 5.91 Å². The maximum absolute atomic E-state index is 13.6. The smallest absolute Gasteiger partial charge is 0.254 e. The molecule has 2 unspecified atom stereocenters. The molecule has 0 aromatic heterocycles. The molecule has 5 heteroatoms. The van der Waals surface area contributed by atoms with E-state index in [9.17, 15) is 9.18 Å². The van der Waals surface area contributed by atoms with Gasteiger partial charge >= 0.3 is 0 Å². The Morgan fingerprint density at radius 1 is 1.33 bits per heavy atom. The van der Waals surface area contributed by atoms with E-state index in [2.05, 4.69) is 37.2 Å². The van der Waals surface area contributed by atoms with Crippen LogP contribution in [-0.2, 0) is 0 Å². The molecule has 1 saturated carbocycles. The Morgan fingerprint density at radius 3 is 2.72 bits per heavy atom. The first-order valence-corrected chi connectivity index (χ1v) is 7.69. The topological polar surface area (TPSA) is 29.1 Å². The Bertz CT molecular complexity index is 453. The molecule has 0 spiro atoms. The van der Waals surface area contributed by atoms with Crippen molar-refractivity contribution in [2.24, 2.45) is 0 Å². The molecule has 2 nitrogen and oxygen atoms in total. The van der Waals surface area contributed by atoms with E-state index >= 15 is 0 Å². The van der Waals surface area contributed by atoms with Gasteiger partial charge in [0.05, 0.1) is 5.56 Å². The second-order valence-corrected chi connectivity index (χ2v) is 6.60. The van der Waals surface area contributed by atoms with E-state index in [0.29, 0.717) is 4.47 Å². The molecule has 1 aliphatic carbocycles.